The van der Waals surface area contributed by atoms with Crippen molar-refractivity contribution in [2.24, 2.45) is 0 Å². The molecule has 1 saturated heterocycles. The van der Waals surface area contributed by atoms with Crippen molar-refractivity contribution in [3.8, 4) is 0 Å². The quantitative estimate of drug-likeness (QED) is 0.381. The first-order valence-corrected chi connectivity index (χ1v) is 10.2. The molecule has 1 aliphatic rings. The Bertz CT molecular complexity index is 902. The van der Waals surface area contributed by atoms with Gasteiger partial charge >= 0.3 is 5.97 Å². The van der Waals surface area contributed by atoms with Gasteiger partial charge in [-0.3, -0.25) is 14.5 Å². The summed E-state index contributed by atoms with van der Waals surface area (Å²) in [5.74, 6) is -0.326. The maximum atomic E-state index is 12.7. The van der Waals surface area contributed by atoms with Crippen molar-refractivity contribution in [2.75, 3.05) is 13.2 Å². The third kappa shape index (κ3) is 4.76. The maximum Gasteiger partial charge on any atom is 0.305 e. The monoisotopic (exact) mass is 399 g/mol. The van der Waals surface area contributed by atoms with Crippen LogP contribution in [0.3, 0.4) is 0 Å². The summed E-state index contributed by atoms with van der Waals surface area (Å²) in [5.41, 5.74) is 0.997. The molecule has 3 rings (SSSR count). The molecule has 0 saturated carbocycles. The Hall–Kier alpha value is -2.18. The molecule has 0 aromatic heterocycles. The van der Waals surface area contributed by atoms with Gasteiger partial charge in [-0.05, 0) is 35.3 Å². The van der Waals surface area contributed by atoms with Gasteiger partial charge in [-0.25, -0.2) is 0 Å². The van der Waals surface area contributed by atoms with E-state index in [9.17, 15) is 9.59 Å². The number of carbonyl (C=O) groups excluding carboxylic acids is 2. The van der Waals surface area contributed by atoms with Crippen LogP contribution in [0.5, 0.6) is 0 Å². The van der Waals surface area contributed by atoms with Crippen molar-refractivity contribution >= 4 is 57.0 Å². The molecule has 0 unspecified atom stereocenters. The Labute approximate surface area is 168 Å². The Kier molecular flexibility index (Phi) is 6.63. The highest BCUT2D eigenvalue weighted by Gasteiger charge is 2.31. The number of nitrogens with zero attached hydrogens (tertiary/aromatic N) is 1. The zero-order valence-electron chi connectivity index (χ0n) is 15.1. The minimum atomic E-state index is -0.228. The van der Waals surface area contributed by atoms with Crippen molar-refractivity contribution in [3.63, 3.8) is 0 Å². The third-order valence-corrected chi connectivity index (χ3v) is 5.59. The molecule has 1 amide bonds. The van der Waals surface area contributed by atoms with E-state index < -0.39 is 0 Å². The fraction of sp³-hybridized carbons (Fsp3) is 0.286. The fourth-order valence-corrected chi connectivity index (χ4v) is 4.18. The van der Waals surface area contributed by atoms with Crippen LogP contribution in [0, 0.1) is 0 Å². The fourth-order valence-electron chi connectivity index (χ4n) is 2.88. The van der Waals surface area contributed by atoms with Crippen LogP contribution in [-0.4, -0.2) is 34.2 Å². The zero-order chi connectivity index (χ0) is 19.2. The lowest BCUT2D eigenvalue weighted by atomic mass is 10.0. The minimum Gasteiger partial charge on any atom is -0.466 e. The molecule has 140 valence electrons. The lowest BCUT2D eigenvalue weighted by molar-refractivity contribution is -0.144. The second kappa shape index (κ2) is 9.15. The number of hydrogen-bond acceptors (Lipinski definition) is 5. The van der Waals surface area contributed by atoms with E-state index in [0.717, 1.165) is 22.8 Å². The molecule has 2 aromatic rings. The maximum absolute atomic E-state index is 12.7. The van der Waals surface area contributed by atoms with E-state index in [4.69, 9.17) is 17.0 Å². The van der Waals surface area contributed by atoms with Gasteiger partial charge in [0.25, 0.3) is 5.91 Å². The number of fused-ring (bicyclic) bond motifs is 1. The number of hydrogen-bond donors (Lipinski definition) is 0. The van der Waals surface area contributed by atoms with Crippen LogP contribution in [0.2, 0.25) is 0 Å². The predicted molar refractivity (Wildman–Crippen MR) is 114 cm³/mol. The minimum absolute atomic E-state index is 0.0974. The molecular formula is C21H21NO3S2. The normalized spacial score (nSPS) is 15.7. The zero-order valence-corrected chi connectivity index (χ0v) is 16.8. The number of rotatable bonds is 7. The Morgan fingerprint density at radius 2 is 2.00 bits per heavy atom. The Morgan fingerprint density at radius 1 is 1.22 bits per heavy atom. The van der Waals surface area contributed by atoms with Crippen molar-refractivity contribution in [3.05, 3.63) is 52.9 Å². The van der Waals surface area contributed by atoms with E-state index in [1.165, 1.54) is 11.8 Å². The van der Waals surface area contributed by atoms with Crippen molar-refractivity contribution < 1.29 is 14.3 Å². The van der Waals surface area contributed by atoms with E-state index in [1.807, 2.05) is 43.3 Å². The summed E-state index contributed by atoms with van der Waals surface area (Å²) in [6, 6.07) is 14.1. The first kappa shape index (κ1) is 19.6. The summed E-state index contributed by atoms with van der Waals surface area (Å²) in [7, 11) is 0. The average Bonchev–Trinajstić information content (AvgIpc) is 2.94. The topological polar surface area (TPSA) is 46.6 Å². The lowest BCUT2D eigenvalue weighted by Gasteiger charge is -2.13. The second-order valence-corrected chi connectivity index (χ2v) is 7.90. The summed E-state index contributed by atoms with van der Waals surface area (Å²) in [6.45, 7) is 2.82. The molecule has 0 aliphatic carbocycles. The van der Waals surface area contributed by atoms with Gasteiger partial charge in [-0.2, -0.15) is 0 Å². The summed E-state index contributed by atoms with van der Waals surface area (Å²) in [4.78, 5) is 26.5. The highest BCUT2D eigenvalue weighted by molar-refractivity contribution is 8.26. The number of amides is 1. The van der Waals surface area contributed by atoms with Crippen LogP contribution >= 0.6 is 24.0 Å². The summed E-state index contributed by atoms with van der Waals surface area (Å²) < 4.78 is 5.59. The molecule has 0 bridgehead atoms. The van der Waals surface area contributed by atoms with Crippen molar-refractivity contribution in [1.82, 2.24) is 4.90 Å². The highest BCUT2D eigenvalue weighted by atomic mass is 32.2. The summed E-state index contributed by atoms with van der Waals surface area (Å²) in [6.07, 6.45) is 3.53. The van der Waals surface area contributed by atoms with E-state index in [-0.39, 0.29) is 11.9 Å². The molecule has 6 heteroatoms. The molecule has 1 fully saturated rings. The van der Waals surface area contributed by atoms with Crippen LogP contribution in [-0.2, 0) is 14.3 Å². The second-order valence-electron chi connectivity index (χ2n) is 6.23. The van der Waals surface area contributed by atoms with Gasteiger partial charge < -0.3 is 4.74 Å². The van der Waals surface area contributed by atoms with E-state index in [2.05, 4.69) is 12.1 Å². The van der Waals surface area contributed by atoms with Gasteiger partial charge in [-0.1, -0.05) is 73.4 Å². The van der Waals surface area contributed by atoms with Gasteiger partial charge in [0.05, 0.1) is 11.5 Å². The van der Waals surface area contributed by atoms with Gasteiger partial charge in [0, 0.05) is 13.0 Å². The number of benzene rings is 2. The van der Waals surface area contributed by atoms with Crippen molar-refractivity contribution in [1.29, 1.82) is 0 Å². The number of esters is 1. The number of thioether (sulfide) groups is 1. The Balaban J connectivity index is 1.68. The van der Waals surface area contributed by atoms with Crippen LogP contribution in [0.25, 0.3) is 16.8 Å². The van der Waals surface area contributed by atoms with Crippen LogP contribution in [0.1, 0.15) is 31.7 Å². The van der Waals surface area contributed by atoms with Crippen LogP contribution in [0.4, 0.5) is 0 Å². The molecule has 0 spiro atoms. The number of carbonyl (C=O) groups is 2. The summed E-state index contributed by atoms with van der Waals surface area (Å²) in [5, 5.41) is 2.23. The number of thiocarbonyl (C=S) groups is 1. The SMILES string of the molecule is CCCOC(=O)CCCN1C(=O)/C(=C/c2cccc3ccccc23)SC1=S. The lowest BCUT2D eigenvalue weighted by Crippen LogP contribution is -2.29. The molecule has 27 heavy (non-hydrogen) atoms. The highest BCUT2D eigenvalue weighted by Crippen LogP contribution is 2.34. The standard InChI is InChI=1S/C21H21NO3S2/c1-2-13-25-19(23)11-6-12-22-20(24)18(27-21(22)26)14-16-9-5-8-15-7-3-4-10-17(15)16/h3-5,7-10,14H,2,6,11-13H2,1H3/b18-14-. The van der Waals surface area contributed by atoms with E-state index in [0.29, 0.717) is 35.2 Å². The van der Waals surface area contributed by atoms with Crippen LogP contribution in [0.15, 0.2) is 47.4 Å². The average molecular weight is 400 g/mol. The summed E-state index contributed by atoms with van der Waals surface area (Å²) >= 11 is 6.68. The third-order valence-electron chi connectivity index (χ3n) is 4.21. The molecule has 0 radical (unpaired) electrons. The van der Waals surface area contributed by atoms with Crippen molar-refractivity contribution in [2.45, 2.75) is 26.2 Å². The van der Waals surface area contributed by atoms with Crippen LogP contribution < -0.4 is 0 Å². The predicted octanol–water partition coefficient (Wildman–Crippen LogP) is 4.77. The van der Waals surface area contributed by atoms with Gasteiger partial charge in [0.2, 0.25) is 0 Å². The molecule has 4 nitrogen and oxygen atoms in total. The van der Waals surface area contributed by atoms with E-state index in [1.54, 1.807) is 4.90 Å². The molecule has 0 N–H and O–H groups in total. The number of ether oxygens (including phenoxy) is 1. The molecule has 2 aromatic carbocycles. The molecule has 1 aliphatic heterocycles. The molecule has 0 atom stereocenters. The first-order valence-electron chi connectivity index (χ1n) is 8.99. The van der Waals surface area contributed by atoms with Gasteiger partial charge in [-0.15, -0.1) is 0 Å². The first-order chi connectivity index (χ1) is 13.1. The van der Waals surface area contributed by atoms with Gasteiger partial charge in [0.1, 0.15) is 4.32 Å². The molecular weight excluding hydrogens is 378 g/mol. The largest absolute Gasteiger partial charge is 0.466 e. The Morgan fingerprint density at radius 3 is 2.81 bits per heavy atom. The van der Waals surface area contributed by atoms with Gasteiger partial charge in [0.15, 0.2) is 0 Å². The smallest absolute Gasteiger partial charge is 0.305 e. The van der Waals surface area contributed by atoms with E-state index >= 15 is 0 Å². The molecule has 1 heterocycles.